The van der Waals surface area contributed by atoms with Gasteiger partial charge in [-0.3, -0.25) is 4.79 Å². The van der Waals surface area contributed by atoms with Crippen molar-refractivity contribution in [1.82, 2.24) is 14.8 Å². The molecule has 0 unspecified atom stereocenters. The fraction of sp³-hybridized carbons (Fsp3) is 0.211. The van der Waals surface area contributed by atoms with Crippen molar-refractivity contribution in [3.05, 3.63) is 66.5 Å². The summed E-state index contributed by atoms with van der Waals surface area (Å²) in [6.07, 6.45) is 1.61. The van der Waals surface area contributed by atoms with E-state index in [2.05, 4.69) is 15.5 Å². The molecule has 134 valence electrons. The molecule has 6 nitrogen and oxygen atoms in total. The van der Waals surface area contributed by atoms with Crippen molar-refractivity contribution in [1.29, 1.82) is 0 Å². The highest BCUT2D eigenvalue weighted by atomic mass is 32.2. The van der Waals surface area contributed by atoms with Crippen LogP contribution in [0.5, 0.6) is 5.75 Å². The van der Waals surface area contributed by atoms with Crippen molar-refractivity contribution in [2.45, 2.75) is 23.9 Å². The molecule has 1 heterocycles. The molecule has 7 heteroatoms. The molecule has 0 saturated carbocycles. The predicted molar refractivity (Wildman–Crippen MR) is 102 cm³/mol. The number of nitrogens with one attached hydrogen (secondary N) is 1. The van der Waals surface area contributed by atoms with Crippen LogP contribution >= 0.6 is 11.8 Å². The molecule has 0 radical (unpaired) electrons. The third kappa shape index (κ3) is 4.86. The van der Waals surface area contributed by atoms with Crippen LogP contribution in [0.15, 0.2) is 66.1 Å². The smallest absolute Gasteiger partial charge is 0.237 e. The number of nitrogens with zero attached hydrogens (tertiary/aromatic N) is 3. The third-order valence-electron chi connectivity index (χ3n) is 3.69. The minimum atomic E-state index is -0.285. The molecular weight excluding hydrogens is 348 g/mol. The highest BCUT2D eigenvalue weighted by Crippen LogP contribution is 2.22. The van der Waals surface area contributed by atoms with Crippen LogP contribution in [-0.2, 0) is 18.4 Å². The molecule has 1 atom stereocenters. The summed E-state index contributed by atoms with van der Waals surface area (Å²) in [6, 6.07) is 17.3. The number of amides is 1. The second-order valence-corrected chi connectivity index (χ2v) is 7.08. The number of carbonyl (C=O) groups is 1. The summed E-state index contributed by atoms with van der Waals surface area (Å²) in [5.41, 5.74) is 1.84. The van der Waals surface area contributed by atoms with E-state index in [1.54, 1.807) is 10.9 Å². The molecule has 0 fully saturated rings. The Morgan fingerprint density at radius 3 is 2.58 bits per heavy atom. The van der Waals surface area contributed by atoms with Gasteiger partial charge in [0.25, 0.3) is 0 Å². The van der Waals surface area contributed by atoms with Crippen molar-refractivity contribution < 1.29 is 9.53 Å². The number of anilines is 1. The number of aryl methyl sites for hydroxylation is 1. The minimum Gasteiger partial charge on any atom is -0.489 e. The first-order valence-electron chi connectivity index (χ1n) is 8.20. The van der Waals surface area contributed by atoms with Crippen LogP contribution in [0.1, 0.15) is 12.5 Å². The van der Waals surface area contributed by atoms with Gasteiger partial charge in [0.05, 0.1) is 5.25 Å². The molecule has 1 N–H and O–H groups in total. The molecule has 0 aliphatic carbocycles. The van der Waals surface area contributed by atoms with Crippen LogP contribution in [0.4, 0.5) is 5.69 Å². The topological polar surface area (TPSA) is 69.0 Å². The highest BCUT2D eigenvalue weighted by molar-refractivity contribution is 8.00. The first-order valence-corrected chi connectivity index (χ1v) is 9.08. The lowest BCUT2D eigenvalue weighted by Crippen LogP contribution is -2.22. The van der Waals surface area contributed by atoms with E-state index in [-0.39, 0.29) is 11.2 Å². The molecule has 0 aliphatic rings. The van der Waals surface area contributed by atoms with E-state index in [0.29, 0.717) is 11.8 Å². The van der Waals surface area contributed by atoms with Crippen molar-refractivity contribution >= 4 is 23.4 Å². The Morgan fingerprint density at radius 2 is 1.92 bits per heavy atom. The molecule has 26 heavy (non-hydrogen) atoms. The zero-order valence-electron chi connectivity index (χ0n) is 14.6. The molecule has 3 aromatic rings. The average Bonchev–Trinajstić information content (AvgIpc) is 3.06. The summed E-state index contributed by atoms with van der Waals surface area (Å²) in [5, 5.41) is 11.1. The van der Waals surface area contributed by atoms with Gasteiger partial charge in [0.2, 0.25) is 5.91 Å². The van der Waals surface area contributed by atoms with E-state index in [9.17, 15) is 4.79 Å². The second kappa shape index (κ2) is 8.53. The number of hydrogen-bond acceptors (Lipinski definition) is 5. The van der Waals surface area contributed by atoms with E-state index < -0.39 is 0 Å². The Kier molecular flexibility index (Phi) is 5.91. The predicted octanol–water partition coefficient (Wildman–Crippen LogP) is 3.51. The summed E-state index contributed by atoms with van der Waals surface area (Å²) in [4.78, 5) is 12.3. The molecule has 0 bridgehead atoms. The lowest BCUT2D eigenvalue weighted by atomic mass is 10.2. The van der Waals surface area contributed by atoms with E-state index in [0.717, 1.165) is 17.0 Å². The summed E-state index contributed by atoms with van der Waals surface area (Å²) < 4.78 is 7.53. The van der Waals surface area contributed by atoms with Crippen LogP contribution < -0.4 is 10.1 Å². The summed E-state index contributed by atoms with van der Waals surface area (Å²) in [6.45, 7) is 2.35. The van der Waals surface area contributed by atoms with Gasteiger partial charge in [0.15, 0.2) is 5.16 Å². The van der Waals surface area contributed by atoms with E-state index in [1.165, 1.54) is 11.8 Å². The van der Waals surface area contributed by atoms with Crippen LogP contribution in [0.2, 0.25) is 0 Å². The summed E-state index contributed by atoms with van der Waals surface area (Å²) in [7, 11) is 1.85. The minimum absolute atomic E-state index is 0.0871. The van der Waals surface area contributed by atoms with Crippen LogP contribution in [0.3, 0.4) is 0 Å². The molecule has 1 amide bonds. The number of hydrogen-bond donors (Lipinski definition) is 1. The standard InChI is InChI=1S/C19H20N4O2S/c1-14(26-19-22-20-13-23(19)2)18(24)21-16-8-10-17(11-9-16)25-12-15-6-4-3-5-7-15/h3-11,13-14H,12H2,1-2H3,(H,21,24)/t14-/m0/s1. The molecule has 0 aliphatic heterocycles. The Morgan fingerprint density at radius 1 is 1.19 bits per heavy atom. The van der Waals surface area contributed by atoms with Crippen molar-refractivity contribution in [3.8, 4) is 5.75 Å². The SMILES string of the molecule is C[C@H](Sc1nncn1C)C(=O)Nc1ccc(OCc2ccccc2)cc1. The molecule has 0 spiro atoms. The van der Waals surface area contributed by atoms with Gasteiger partial charge in [-0.15, -0.1) is 10.2 Å². The Balaban J connectivity index is 1.51. The Labute approximate surface area is 156 Å². The zero-order valence-corrected chi connectivity index (χ0v) is 15.4. The second-order valence-electron chi connectivity index (χ2n) is 5.77. The van der Waals surface area contributed by atoms with E-state index >= 15 is 0 Å². The van der Waals surface area contributed by atoms with Gasteiger partial charge in [0, 0.05) is 12.7 Å². The molecule has 1 aromatic heterocycles. The molecule has 3 rings (SSSR count). The number of carbonyl (C=O) groups excluding carboxylic acids is 1. The quantitative estimate of drug-likeness (QED) is 0.646. The van der Waals surface area contributed by atoms with Gasteiger partial charge >= 0.3 is 0 Å². The monoisotopic (exact) mass is 368 g/mol. The van der Waals surface area contributed by atoms with Crippen molar-refractivity contribution in [3.63, 3.8) is 0 Å². The summed E-state index contributed by atoms with van der Waals surface area (Å²) in [5.74, 6) is 0.671. The zero-order chi connectivity index (χ0) is 18.4. The fourth-order valence-electron chi connectivity index (χ4n) is 2.21. The third-order valence-corrected chi connectivity index (χ3v) is 4.84. The van der Waals surface area contributed by atoms with Crippen molar-refractivity contribution in [2.75, 3.05) is 5.32 Å². The largest absolute Gasteiger partial charge is 0.489 e. The van der Waals surface area contributed by atoms with Crippen molar-refractivity contribution in [2.24, 2.45) is 7.05 Å². The number of benzene rings is 2. The van der Waals surface area contributed by atoms with Crippen LogP contribution in [0.25, 0.3) is 0 Å². The lowest BCUT2D eigenvalue weighted by molar-refractivity contribution is -0.115. The normalized spacial score (nSPS) is 11.8. The van der Waals surface area contributed by atoms with Gasteiger partial charge < -0.3 is 14.6 Å². The molecule has 0 saturated heterocycles. The van der Waals surface area contributed by atoms with E-state index in [4.69, 9.17) is 4.74 Å². The number of ether oxygens (including phenoxy) is 1. The first kappa shape index (κ1) is 18.0. The van der Waals surface area contributed by atoms with Gasteiger partial charge in [-0.05, 0) is 36.8 Å². The van der Waals surface area contributed by atoms with Gasteiger partial charge in [-0.2, -0.15) is 0 Å². The number of aromatic nitrogens is 3. The van der Waals surface area contributed by atoms with E-state index in [1.807, 2.05) is 68.6 Å². The number of thioether (sulfide) groups is 1. The molecule has 2 aromatic carbocycles. The Bertz CT molecular complexity index is 849. The maximum Gasteiger partial charge on any atom is 0.237 e. The Hall–Kier alpha value is -2.80. The lowest BCUT2D eigenvalue weighted by Gasteiger charge is -2.12. The summed E-state index contributed by atoms with van der Waals surface area (Å²) >= 11 is 1.37. The maximum absolute atomic E-state index is 12.3. The van der Waals surface area contributed by atoms with Crippen LogP contribution in [0, 0.1) is 0 Å². The van der Waals surface area contributed by atoms with Gasteiger partial charge in [-0.25, -0.2) is 0 Å². The maximum atomic E-state index is 12.3. The first-order chi connectivity index (χ1) is 12.6. The highest BCUT2D eigenvalue weighted by Gasteiger charge is 2.17. The fourth-order valence-corrected chi connectivity index (χ4v) is 3.00. The number of rotatable bonds is 7. The molecular formula is C19H20N4O2S. The van der Waals surface area contributed by atoms with Gasteiger partial charge in [0.1, 0.15) is 18.7 Å². The van der Waals surface area contributed by atoms with Gasteiger partial charge in [-0.1, -0.05) is 42.1 Å². The van der Waals surface area contributed by atoms with Crippen LogP contribution in [-0.4, -0.2) is 25.9 Å². The average molecular weight is 368 g/mol.